The van der Waals surface area contributed by atoms with Crippen molar-refractivity contribution >= 4 is 11.6 Å². The molecule has 0 aliphatic carbocycles. The first-order valence-corrected chi connectivity index (χ1v) is 5.61. The Morgan fingerprint density at radius 3 is 2.73 bits per heavy atom. The van der Waals surface area contributed by atoms with Gasteiger partial charge in [-0.25, -0.2) is 0 Å². The predicted molar refractivity (Wildman–Crippen MR) is 64.9 cm³/mol. The number of hydrogen-bond donors (Lipinski definition) is 0. The van der Waals surface area contributed by atoms with Gasteiger partial charge in [0.15, 0.2) is 0 Å². The summed E-state index contributed by atoms with van der Waals surface area (Å²) in [6.07, 6.45) is 4.04. The normalized spacial score (nSPS) is 11.7. The van der Waals surface area contributed by atoms with Crippen LogP contribution in [0.5, 0.6) is 0 Å². The molecule has 1 aromatic rings. The maximum atomic E-state index is 5.71. The van der Waals surface area contributed by atoms with Crippen molar-refractivity contribution in [1.29, 1.82) is 0 Å². The van der Waals surface area contributed by atoms with Crippen LogP contribution in [-0.2, 0) is 11.3 Å². The Labute approximate surface area is 96.7 Å². The van der Waals surface area contributed by atoms with Crippen molar-refractivity contribution in [2.24, 2.45) is 0 Å². The van der Waals surface area contributed by atoms with E-state index < -0.39 is 0 Å². The van der Waals surface area contributed by atoms with E-state index >= 15 is 0 Å². The van der Waals surface area contributed by atoms with Gasteiger partial charge >= 0.3 is 0 Å². The number of halogens is 1. The molecule has 0 atom stereocenters. The van der Waals surface area contributed by atoms with E-state index in [1.165, 1.54) is 5.56 Å². The van der Waals surface area contributed by atoms with Gasteiger partial charge in [-0.3, -0.25) is 0 Å². The molecular weight excluding hydrogens is 208 g/mol. The van der Waals surface area contributed by atoms with Crippen LogP contribution >= 0.6 is 11.6 Å². The fourth-order valence-corrected chi connectivity index (χ4v) is 1.36. The lowest BCUT2D eigenvalue weighted by Crippen LogP contribution is -1.94. The second-order valence-electron chi connectivity index (χ2n) is 3.47. The van der Waals surface area contributed by atoms with Gasteiger partial charge in [-0.05, 0) is 25.3 Å². The summed E-state index contributed by atoms with van der Waals surface area (Å²) in [7, 11) is 0. The number of benzene rings is 1. The van der Waals surface area contributed by atoms with E-state index in [0.717, 1.165) is 24.5 Å². The van der Waals surface area contributed by atoms with Crippen LogP contribution < -0.4 is 0 Å². The maximum Gasteiger partial charge on any atom is 0.0716 e. The summed E-state index contributed by atoms with van der Waals surface area (Å²) in [4.78, 5) is 0. The molecule has 15 heavy (non-hydrogen) atoms. The van der Waals surface area contributed by atoms with Gasteiger partial charge in [-0.2, -0.15) is 0 Å². The van der Waals surface area contributed by atoms with Crippen molar-refractivity contribution in [3.05, 3.63) is 47.0 Å². The topological polar surface area (TPSA) is 9.23 Å². The third kappa shape index (κ3) is 6.32. The Morgan fingerprint density at radius 1 is 1.33 bits per heavy atom. The molecule has 0 radical (unpaired) electrons. The van der Waals surface area contributed by atoms with Crippen molar-refractivity contribution in [1.82, 2.24) is 0 Å². The smallest absolute Gasteiger partial charge is 0.0716 e. The second kappa shape index (κ2) is 7.49. The average molecular weight is 225 g/mol. The van der Waals surface area contributed by atoms with Crippen molar-refractivity contribution in [3.8, 4) is 0 Å². The highest BCUT2D eigenvalue weighted by Crippen LogP contribution is 2.04. The van der Waals surface area contributed by atoms with Gasteiger partial charge < -0.3 is 4.74 Å². The van der Waals surface area contributed by atoms with E-state index in [0.29, 0.717) is 6.61 Å². The molecule has 0 amide bonds. The molecule has 0 aliphatic rings. The Balaban J connectivity index is 2.05. The van der Waals surface area contributed by atoms with Crippen LogP contribution in [0.2, 0.25) is 0 Å². The fourth-order valence-electron chi connectivity index (χ4n) is 1.25. The Morgan fingerprint density at radius 2 is 2.07 bits per heavy atom. The van der Waals surface area contributed by atoms with Gasteiger partial charge in [-0.15, -0.1) is 0 Å². The molecule has 1 rings (SSSR count). The van der Waals surface area contributed by atoms with Crippen LogP contribution in [-0.4, -0.2) is 6.61 Å². The Kier molecular flexibility index (Phi) is 6.14. The van der Waals surface area contributed by atoms with Crippen LogP contribution in [0.15, 0.2) is 41.4 Å². The zero-order chi connectivity index (χ0) is 10.9. The minimum Gasteiger partial charge on any atom is -0.377 e. The molecule has 0 heterocycles. The van der Waals surface area contributed by atoms with Gasteiger partial charge in [0.1, 0.15) is 0 Å². The minimum absolute atomic E-state index is 0.699. The van der Waals surface area contributed by atoms with Gasteiger partial charge in [-0.1, -0.05) is 48.0 Å². The molecule has 0 saturated carbocycles. The first-order valence-electron chi connectivity index (χ1n) is 5.23. The van der Waals surface area contributed by atoms with Crippen LogP contribution in [0.1, 0.15) is 25.3 Å². The van der Waals surface area contributed by atoms with E-state index in [2.05, 4.69) is 12.1 Å². The first-order chi connectivity index (χ1) is 7.29. The number of hydrogen-bond acceptors (Lipinski definition) is 1. The van der Waals surface area contributed by atoms with Crippen LogP contribution in [0.3, 0.4) is 0 Å². The summed E-state index contributed by atoms with van der Waals surface area (Å²) >= 11 is 5.71. The van der Waals surface area contributed by atoms with Gasteiger partial charge in [0.05, 0.1) is 6.61 Å². The lowest BCUT2D eigenvalue weighted by Gasteiger charge is -2.02. The highest BCUT2D eigenvalue weighted by Gasteiger charge is 1.91. The molecule has 0 N–H and O–H groups in total. The number of rotatable bonds is 6. The lowest BCUT2D eigenvalue weighted by atomic mass is 10.2. The van der Waals surface area contributed by atoms with Gasteiger partial charge in [0, 0.05) is 11.6 Å². The van der Waals surface area contributed by atoms with E-state index in [4.69, 9.17) is 16.3 Å². The summed E-state index contributed by atoms with van der Waals surface area (Å²) in [6.45, 7) is 3.38. The maximum absolute atomic E-state index is 5.71. The number of unbranched alkanes of at least 4 members (excludes halogenated alkanes) is 1. The second-order valence-corrected chi connectivity index (χ2v) is 4.07. The minimum atomic E-state index is 0.699. The zero-order valence-electron chi connectivity index (χ0n) is 9.08. The van der Waals surface area contributed by atoms with Crippen molar-refractivity contribution < 1.29 is 4.74 Å². The third-order valence-electron chi connectivity index (χ3n) is 2.03. The molecule has 0 spiro atoms. The van der Waals surface area contributed by atoms with Gasteiger partial charge in [0.2, 0.25) is 0 Å². The molecule has 0 unspecified atom stereocenters. The molecule has 0 aliphatic heterocycles. The number of ether oxygens (including phenoxy) is 1. The van der Waals surface area contributed by atoms with E-state index in [9.17, 15) is 0 Å². The van der Waals surface area contributed by atoms with Crippen molar-refractivity contribution in [3.63, 3.8) is 0 Å². The zero-order valence-corrected chi connectivity index (χ0v) is 9.83. The monoisotopic (exact) mass is 224 g/mol. The molecule has 0 aromatic heterocycles. The third-order valence-corrected chi connectivity index (χ3v) is 2.18. The molecule has 2 heteroatoms. The van der Waals surface area contributed by atoms with Crippen LogP contribution in [0.4, 0.5) is 0 Å². The predicted octanol–water partition coefficient (Wildman–Crippen LogP) is 4.13. The van der Waals surface area contributed by atoms with E-state index in [-0.39, 0.29) is 0 Å². The Bertz CT molecular complexity index is 289. The fraction of sp³-hybridized carbons (Fsp3) is 0.385. The molecule has 0 saturated heterocycles. The first kappa shape index (κ1) is 12.3. The summed E-state index contributed by atoms with van der Waals surface area (Å²) in [5.74, 6) is 0. The Hall–Kier alpha value is -0.790. The van der Waals surface area contributed by atoms with E-state index in [1.54, 1.807) is 0 Å². The molecule has 0 bridgehead atoms. The molecule has 82 valence electrons. The SMILES string of the molecule is C/C(Cl)=C\CCCOCc1ccccc1. The van der Waals surface area contributed by atoms with Gasteiger partial charge in [0.25, 0.3) is 0 Å². The molecular formula is C13H17ClO. The summed E-state index contributed by atoms with van der Waals surface area (Å²) in [5.41, 5.74) is 1.22. The highest BCUT2D eigenvalue weighted by atomic mass is 35.5. The van der Waals surface area contributed by atoms with Crippen molar-refractivity contribution in [2.75, 3.05) is 6.61 Å². The summed E-state index contributed by atoms with van der Waals surface area (Å²) in [6, 6.07) is 10.2. The molecule has 1 nitrogen and oxygen atoms in total. The summed E-state index contributed by atoms with van der Waals surface area (Å²) in [5, 5.41) is 0.859. The largest absolute Gasteiger partial charge is 0.377 e. The average Bonchev–Trinajstić information content (AvgIpc) is 2.24. The number of allylic oxidation sites excluding steroid dienone is 2. The van der Waals surface area contributed by atoms with Crippen LogP contribution in [0.25, 0.3) is 0 Å². The van der Waals surface area contributed by atoms with Crippen molar-refractivity contribution in [2.45, 2.75) is 26.4 Å². The standard InChI is InChI=1S/C13H17ClO/c1-12(14)7-5-6-10-15-11-13-8-3-2-4-9-13/h2-4,7-9H,5-6,10-11H2,1H3/b12-7+. The molecule has 1 aromatic carbocycles. The molecule has 0 fully saturated rings. The quantitative estimate of drug-likeness (QED) is 0.661. The highest BCUT2D eigenvalue weighted by molar-refractivity contribution is 6.29. The van der Waals surface area contributed by atoms with Crippen LogP contribution in [0, 0.1) is 0 Å². The summed E-state index contributed by atoms with van der Waals surface area (Å²) < 4.78 is 5.53. The lowest BCUT2D eigenvalue weighted by molar-refractivity contribution is 0.119. The van der Waals surface area contributed by atoms with E-state index in [1.807, 2.05) is 31.2 Å².